The molecule has 148 valence electrons. The predicted octanol–water partition coefficient (Wildman–Crippen LogP) is 6.60. The summed E-state index contributed by atoms with van der Waals surface area (Å²) in [6.07, 6.45) is 10.6. The van der Waals surface area contributed by atoms with Gasteiger partial charge in [-0.25, -0.2) is 4.79 Å². The van der Waals surface area contributed by atoms with Gasteiger partial charge in [-0.2, -0.15) is 0 Å². The highest BCUT2D eigenvalue weighted by molar-refractivity contribution is 5.88. The lowest BCUT2D eigenvalue weighted by atomic mass is 9.87. The standard InChI is InChI=1S/C25H30O3/c1-16(2)10-7-11-17(3)12-9-15-25(6)19(5)22-23(28-25)21-18(4)13-8-14-20(21)27-24(22)26/h8-10,12-15,19H,7,11H2,1-6H3/t19-,25+/m0/s1. The molecule has 2 atom stereocenters. The van der Waals surface area contributed by atoms with E-state index in [9.17, 15) is 4.79 Å². The Morgan fingerprint density at radius 1 is 1.25 bits per heavy atom. The summed E-state index contributed by atoms with van der Waals surface area (Å²) < 4.78 is 12.0. The third kappa shape index (κ3) is 3.84. The van der Waals surface area contributed by atoms with E-state index in [0.717, 1.165) is 23.8 Å². The number of ether oxygens (including phenoxy) is 1. The highest BCUT2D eigenvalue weighted by Gasteiger charge is 2.43. The van der Waals surface area contributed by atoms with Crippen molar-refractivity contribution in [3.8, 4) is 5.75 Å². The van der Waals surface area contributed by atoms with E-state index in [0.29, 0.717) is 16.9 Å². The average Bonchev–Trinajstić information content (AvgIpc) is 2.86. The van der Waals surface area contributed by atoms with E-state index < -0.39 is 5.60 Å². The van der Waals surface area contributed by atoms with Gasteiger partial charge in [0.15, 0.2) is 0 Å². The second-order valence-corrected chi connectivity index (χ2v) is 8.28. The third-order valence-electron chi connectivity index (χ3n) is 5.64. The van der Waals surface area contributed by atoms with Crippen molar-refractivity contribution in [2.45, 2.75) is 65.9 Å². The molecule has 0 N–H and O–H groups in total. The van der Waals surface area contributed by atoms with Crippen LogP contribution in [-0.4, -0.2) is 5.60 Å². The molecule has 1 aliphatic heterocycles. The van der Waals surface area contributed by atoms with E-state index in [1.807, 2.05) is 39.0 Å². The Hall–Kier alpha value is -2.55. The summed E-state index contributed by atoms with van der Waals surface area (Å²) in [7, 11) is 0. The van der Waals surface area contributed by atoms with Crippen LogP contribution in [0.5, 0.6) is 5.75 Å². The van der Waals surface area contributed by atoms with Crippen LogP contribution in [0.1, 0.15) is 64.5 Å². The quantitative estimate of drug-likeness (QED) is 0.334. The van der Waals surface area contributed by atoms with Gasteiger partial charge >= 0.3 is 5.63 Å². The maximum Gasteiger partial charge on any atom is 0.343 e. The van der Waals surface area contributed by atoms with E-state index in [-0.39, 0.29) is 11.5 Å². The van der Waals surface area contributed by atoms with Crippen molar-refractivity contribution >= 4 is 11.0 Å². The zero-order valence-corrected chi connectivity index (χ0v) is 17.8. The Labute approximate surface area is 167 Å². The minimum Gasteiger partial charge on any atom is -0.481 e. The minimum absolute atomic E-state index is 0.0848. The molecule has 3 nitrogen and oxygen atoms in total. The van der Waals surface area contributed by atoms with Crippen LogP contribution in [0.3, 0.4) is 0 Å². The molecule has 0 aliphatic carbocycles. The van der Waals surface area contributed by atoms with E-state index >= 15 is 0 Å². The first-order valence-corrected chi connectivity index (χ1v) is 9.96. The van der Waals surface area contributed by atoms with Gasteiger partial charge in [0.1, 0.15) is 16.9 Å². The molecule has 2 aromatic rings. The number of benzene rings is 1. The summed E-state index contributed by atoms with van der Waals surface area (Å²) in [6, 6.07) is 5.73. The van der Waals surface area contributed by atoms with Crippen molar-refractivity contribution in [1.29, 1.82) is 0 Å². The lowest BCUT2D eigenvalue weighted by Gasteiger charge is -2.24. The maximum atomic E-state index is 12.6. The average molecular weight is 379 g/mol. The Balaban J connectivity index is 1.89. The summed E-state index contributed by atoms with van der Waals surface area (Å²) in [5.74, 6) is 0.589. The summed E-state index contributed by atoms with van der Waals surface area (Å²) in [6.45, 7) is 12.5. The highest BCUT2D eigenvalue weighted by Crippen LogP contribution is 2.47. The van der Waals surface area contributed by atoms with Crippen LogP contribution in [-0.2, 0) is 0 Å². The van der Waals surface area contributed by atoms with Crippen LogP contribution in [0.4, 0.5) is 0 Å². The molecule has 2 heterocycles. The SMILES string of the molecule is CC(C)=CCCC(C)=CC=C[C@@]1(C)Oc2c(c(=O)oc3cccc(C)c23)[C@@H]1C. The molecule has 0 fully saturated rings. The second kappa shape index (κ2) is 7.83. The van der Waals surface area contributed by atoms with Crippen molar-refractivity contribution in [3.05, 3.63) is 75.2 Å². The Bertz CT molecular complexity index is 1030. The number of aryl methyl sites for hydroxylation is 1. The summed E-state index contributed by atoms with van der Waals surface area (Å²) >= 11 is 0. The molecule has 28 heavy (non-hydrogen) atoms. The van der Waals surface area contributed by atoms with Crippen molar-refractivity contribution < 1.29 is 9.15 Å². The van der Waals surface area contributed by atoms with E-state index in [4.69, 9.17) is 9.15 Å². The zero-order valence-electron chi connectivity index (χ0n) is 17.8. The van der Waals surface area contributed by atoms with Gasteiger partial charge in [-0.3, -0.25) is 0 Å². The lowest BCUT2D eigenvalue weighted by Crippen LogP contribution is -2.31. The van der Waals surface area contributed by atoms with Crippen LogP contribution >= 0.6 is 0 Å². The van der Waals surface area contributed by atoms with E-state index in [1.165, 1.54) is 11.1 Å². The van der Waals surface area contributed by atoms with Crippen LogP contribution in [0.15, 0.2) is 62.9 Å². The van der Waals surface area contributed by atoms with Gasteiger partial charge in [0, 0.05) is 5.92 Å². The molecule has 1 aliphatic rings. The van der Waals surface area contributed by atoms with Gasteiger partial charge in [-0.15, -0.1) is 0 Å². The van der Waals surface area contributed by atoms with Crippen molar-refractivity contribution in [2.75, 3.05) is 0 Å². The fourth-order valence-electron chi connectivity index (χ4n) is 3.73. The molecule has 3 heteroatoms. The first-order valence-electron chi connectivity index (χ1n) is 9.96. The largest absolute Gasteiger partial charge is 0.481 e. The first kappa shape index (κ1) is 20.2. The summed E-state index contributed by atoms with van der Waals surface area (Å²) in [4.78, 5) is 12.6. The number of hydrogen-bond acceptors (Lipinski definition) is 3. The van der Waals surface area contributed by atoms with E-state index in [2.05, 4.69) is 45.1 Å². The van der Waals surface area contributed by atoms with Gasteiger partial charge in [-0.05, 0) is 65.2 Å². The van der Waals surface area contributed by atoms with Gasteiger partial charge in [-0.1, -0.05) is 48.4 Å². The Morgan fingerprint density at radius 2 is 2.00 bits per heavy atom. The number of fused-ring (bicyclic) bond motifs is 3. The molecule has 0 amide bonds. The molecule has 1 aromatic carbocycles. The molecule has 0 saturated heterocycles. The molecule has 0 spiro atoms. The van der Waals surface area contributed by atoms with Crippen LogP contribution in [0.2, 0.25) is 0 Å². The predicted molar refractivity (Wildman–Crippen MR) is 116 cm³/mol. The maximum absolute atomic E-state index is 12.6. The van der Waals surface area contributed by atoms with Gasteiger partial charge in [0.25, 0.3) is 0 Å². The van der Waals surface area contributed by atoms with Crippen molar-refractivity contribution in [3.63, 3.8) is 0 Å². The molecule has 1 aromatic heterocycles. The third-order valence-corrected chi connectivity index (χ3v) is 5.64. The molecule has 0 radical (unpaired) electrons. The number of allylic oxidation sites excluding steroid dienone is 5. The monoisotopic (exact) mass is 378 g/mol. The Kier molecular flexibility index (Phi) is 5.64. The fraction of sp³-hybridized carbons (Fsp3) is 0.400. The lowest BCUT2D eigenvalue weighted by molar-refractivity contribution is 0.149. The van der Waals surface area contributed by atoms with E-state index in [1.54, 1.807) is 0 Å². The first-order chi connectivity index (χ1) is 13.2. The van der Waals surface area contributed by atoms with Crippen molar-refractivity contribution in [1.82, 2.24) is 0 Å². The smallest absolute Gasteiger partial charge is 0.343 e. The van der Waals surface area contributed by atoms with Gasteiger partial charge < -0.3 is 9.15 Å². The molecular weight excluding hydrogens is 348 g/mol. The van der Waals surface area contributed by atoms with Crippen LogP contribution in [0, 0.1) is 6.92 Å². The van der Waals surface area contributed by atoms with Crippen LogP contribution < -0.4 is 10.4 Å². The van der Waals surface area contributed by atoms with Gasteiger partial charge in [0.2, 0.25) is 0 Å². The summed E-state index contributed by atoms with van der Waals surface area (Å²) in [5, 5.41) is 0.898. The number of hydrogen-bond donors (Lipinski definition) is 0. The molecule has 3 rings (SSSR count). The van der Waals surface area contributed by atoms with Crippen LogP contribution in [0.25, 0.3) is 11.0 Å². The van der Waals surface area contributed by atoms with Gasteiger partial charge in [0.05, 0.1) is 10.9 Å². The fourth-order valence-corrected chi connectivity index (χ4v) is 3.73. The van der Waals surface area contributed by atoms with Crippen molar-refractivity contribution in [2.24, 2.45) is 0 Å². The molecule has 0 unspecified atom stereocenters. The zero-order chi connectivity index (χ0) is 20.5. The highest BCUT2D eigenvalue weighted by atomic mass is 16.5. The number of rotatable bonds is 5. The molecule has 0 saturated carbocycles. The molecular formula is C25H30O3. The second-order valence-electron chi connectivity index (χ2n) is 8.28. The molecule has 0 bridgehead atoms. The normalized spacial score (nSPS) is 21.8. The topological polar surface area (TPSA) is 39.4 Å². The minimum atomic E-state index is -0.579. The summed E-state index contributed by atoms with van der Waals surface area (Å²) in [5.41, 5.74) is 4.06. The Morgan fingerprint density at radius 3 is 2.71 bits per heavy atom.